The van der Waals surface area contributed by atoms with E-state index in [1.807, 2.05) is 6.92 Å². The average Bonchev–Trinajstić information content (AvgIpc) is 2.13. The van der Waals surface area contributed by atoms with Crippen LogP contribution in [0.25, 0.3) is 0 Å². The fraction of sp³-hybridized carbons (Fsp3) is 1.00. The predicted octanol–water partition coefficient (Wildman–Crippen LogP) is -0.600. The summed E-state index contributed by atoms with van der Waals surface area (Å²) in [5, 5.41) is 9.13. The normalized spacial score (nSPS) is 30.9. The number of nitrogens with zero attached hydrogens (tertiary/aromatic N) is 1. The first-order valence-corrected chi connectivity index (χ1v) is 3.84. The Kier molecular flexibility index (Phi) is 2.65. The van der Waals surface area contributed by atoms with Crippen molar-refractivity contribution in [2.75, 3.05) is 19.6 Å². The first-order valence-electron chi connectivity index (χ1n) is 3.84. The van der Waals surface area contributed by atoms with Crippen LogP contribution in [0, 0.1) is 0 Å². The first kappa shape index (κ1) is 7.98. The maximum Gasteiger partial charge on any atom is 0.0679 e. The molecule has 0 aromatic carbocycles. The van der Waals surface area contributed by atoms with Crippen molar-refractivity contribution in [3.05, 3.63) is 0 Å². The zero-order valence-corrected chi connectivity index (χ0v) is 6.45. The Morgan fingerprint density at radius 1 is 1.80 bits per heavy atom. The van der Waals surface area contributed by atoms with Crippen molar-refractivity contribution in [2.45, 2.75) is 25.5 Å². The van der Waals surface area contributed by atoms with Gasteiger partial charge in [-0.2, -0.15) is 0 Å². The molecule has 1 heterocycles. The van der Waals surface area contributed by atoms with Crippen LogP contribution >= 0.6 is 0 Å². The molecule has 1 fully saturated rings. The van der Waals surface area contributed by atoms with Crippen molar-refractivity contribution in [2.24, 2.45) is 5.73 Å². The summed E-state index contributed by atoms with van der Waals surface area (Å²) in [4.78, 5) is 2.20. The Morgan fingerprint density at radius 2 is 2.50 bits per heavy atom. The van der Waals surface area contributed by atoms with Gasteiger partial charge in [0.15, 0.2) is 0 Å². The van der Waals surface area contributed by atoms with E-state index in [-0.39, 0.29) is 12.1 Å². The quantitative estimate of drug-likeness (QED) is 0.544. The largest absolute Gasteiger partial charge is 0.392 e. The van der Waals surface area contributed by atoms with Crippen LogP contribution in [0.2, 0.25) is 0 Å². The maximum atomic E-state index is 9.13. The summed E-state index contributed by atoms with van der Waals surface area (Å²) in [5.74, 6) is 0. The number of nitrogens with two attached hydrogens (primary N) is 1. The lowest BCUT2D eigenvalue weighted by Crippen LogP contribution is -2.34. The molecule has 1 rings (SSSR count). The van der Waals surface area contributed by atoms with E-state index in [2.05, 4.69) is 4.90 Å². The fourth-order valence-electron chi connectivity index (χ4n) is 1.39. The standard InChI is InChI=1S/C7H16N2O/c1-6(8)4-9-3-2-7(10)5-9/h6-7,10H,2-5,8H2,1H3/t6-,7+/m1/s1. The van der Waals surface area contributed by atoms with Crippen LogP contribution < -0.4 is 5.73 Å². The van der Waals surface area contributed by atoms with Crippen molar-refractivity contribution in [3.8, 4) is 0 Å². The summed E-state index contributed by atoms with van der Waals surface area (Å²) < 4.78 is 0. The summed E-state index contributed by atoms with van der Waals surface area (Å²) in [6.45, 7) is 4.71. The molecule has 0 spiro atoms. The molecule has 2 atom stereocenters. The van der Waals surface area contributed by atoms with Gasteiger partial charge in [0.2, 0.25) is 0 Å². The highest BCUT2D eigenvalue weighted by atomic mass is 16.3. The third-order valence-corrected chi connectivity index (χ3v) is 1.79. The number of aliphatic hydroxyl groups is 1. The number of rotatable bonds is 2. The second-order valence-electron chi connectivity index (χ2n) is 3.18. The highest BCUT2D eigenvalue weighted by Gasteiger charge is 2.19. The molecule has 1 aliphatic rings. The minimum atomic E-state index is -0.112. The molecule has 0 saturated carbocycles. The van der Waals surface area contributed by atoms with Crippen molar-refractivity contribution in [1.29, 1.82) is 0 Å². The van der Waals surface area contributed by atoms with E-state index in [9.17, 15) is 0 Å². The number of aliphatic hydroxyl groups excluding tert-OH is 1. The van der Waals surface area contributed by atoms with Crippen molar-refractivity contribution < 1.29 is 5.11 Å². The summed E-state index contributed by atoms with van der Waals surface area (Å²) in [5.41, 5.74) is 5.59. The van der Waals surface area contributed by atoms with Crippen molar-refractivity contribution in [1.82, 2.24) is 4.90 Å². The zero-order valence-electron chi connectivity index (χ0n) is 6.45. The van der Waals surface area contributed by atoms with Gasteiger partial charge < -0.3 is 10.8 Å². The van der Waals surface area contributed by atoms with Gasteiger partial charge in [-0.1, -0.05) is 0 Å². The maximum absolute atomic E-state index is 9.13. The van der Waals surface area contributed by atoms with Gasteiger partial charge in [-0.3, -0.25) is 4.90 Å². The Morgan fingerprint density at radius 3 is 2.90 bits per heavy atom. The SMILES string of the molecule is C[C@@H](N)CN1CC[C@H](O)C1. The molecular formula is C7H16N2O. The molecule has 3 N–H and O–H groups in total. The number of β-amino-alcohol motifs (C(OH)–C–C–N with tert-alkyl or cyclic N) is 1. The lowest BCUT2D eigenvalue weighted by molar-refractivity contribution is 0.175. The van der Waals surface area contributed by atoms with Crippen LogP contribution in [0.1, 0.15) is 13.3 Å². The molecule has 0 bridgehead atoms. The van der Waals surface area contributed by atoms with E-state index in [1.54, 1.807) is 0 Å². The van der Waals surface area contributed by atoms with E-state index in [0.29, 0.717) is 0 Å². The zero-order chi connectivity index (χ0) is 7.56. The van der Waals surface area contributed by atoms with Gasteiger partial charge in [0.05, 0.1) is 6.10 Å². The van der Waals surface area contributed by atoms with E-state index >= 15 is 0 Å². The second kappa shape index (κ2) is 3.32. The third-order valence-electron chi connectivity index (χ3n) is 1.79. The van der Waals surface area contributed by atoms with Crippen LogP contribution in [0.5, 0.6) is 0 Å². The molecular weight excluding hydrogens is 128 g/mol. The van der Waals surface area contributed by atoms with Gasteiger partial charge in [0, 0.05) is 25.7 Å². The molecule has 0 aromatic heterocycles. The van der Waals surface area contributed by atoms with Crippen LogP contribution in [-0.2, 0) is 0 Å². The highest BCUT2D eigenvalue weighted by Crippen LogP contribution is 2.07. The van der Waals surface area contributed by atoms with Gasteiger partial charge in [-0.05, 0) is 13.3 Å². The Hall–Kier alpha value is -0.120. The van der Waals surface area contributed by atoms with Crippen LogP contribution in [0.3, 0.4) is 0 Å². The molecule has 3 heteroatoms. The molecule has 0 aliphatic carbocycles. The van der Waals surface area contributed by atoms with Gasteiger partial charge in [-0.15, -0.1) is 0 Å². The van der Waals surface area contributed by atoms with Gasteiger partial charge in [0.25, 0.3) is 0 Å². The number of hydrogen-bond donors (Lipinski definition) is 2. The van der Waals surface area contributed by atoms with Crippen molar-refractivity contribution in [3.63, 3.8) is 0 Å². The Balaban J connectivity index is 2.18. The van der Waals surface area contributed by atoms with E-state index in [4.69, 9.17) is 10.8 Å². The average molecular weight is 144 g/mol. The van der Waals surface area contributed by atoms with Gasteiger partial charge in [-0.25, -0.2) is 0 Å². The molecule has 0 radical (unpaired) electrons. The van der Waals surface area contributed by atoms with Crippen LogP contribution in [-0.4, -0.2) is 41.8 Å². The third kappa shape index (κ3) is 2.25. The summed E-state index contributed by atoms with van der Waals surface area (Å²) in [6, 6.07) is 0.227. The predicted molar refractivity (Wildman–Crippen MR) is 40.7 cm³/mol. The summed E-state index contributed by atoms with van der Waals surface area (Å²) in [6.07, 6.45) is 0.797. The van der Waals surface area contributed by atoms with E-state index < -0.39 is 0 Å². The molecule has 1 aliphatic heterocycles. The molecule has 1 saturated heterocycles. The minimum absolute atomic E-state index is 0.112. The molecule has 0 amide bonds. The van der Waals surface area contributed by atoms with Crippen LogP contribution in [0.15, 0.2) is 0 Å². The van der Waals surface area contributed by atoms with Gasteiger partial charge in [0.1, 0.15) is 0 Å². The minimum Gasteiger partial charge on any atom is -0.392 e. The number of likely N-dealkylation sites (tertiary alicyclic amines) is 1. The molecule has 60 valence electrons. The summed E-state index contributed by atoms with van der Waals surface area (Å²) >= 11 is 0. The van der Waals surface area contributed by atoms with Gasteiger partial charge >= 0.3 is 0 Å². The van der Waals surface area contributed by atoms with Crippen LogP contribution in [0.4, 0.5) is 0 Å². The van der Waals surface area contributed by atoms with Crippen molar-refractivity contribution >= 4 is 0 Å². The highest BCUT2D eigenvalue weighted by molar-refractivity contribution is 4.76. The monoisotopic (exact) mass is 144 g/mol. The summed E-state index contributed by atoms with van der Waals surface area (Å²) in [7, 11) is 0. The molecule has 3 nitrogen and oxygen atoms in total. The fourth-order valence-corrected chi connectivity index (χ4v) is 1.39. The smallest absolute Gasteiger partial charge is 0.0679 e. The van der Waals surface area contributed by atoms with E-state index in [1.165, 1.54) is 0 Å². The topological polar surface area (TPSA) is 49.5 Å². The Bertz CT molecular complexity index is 106. The number of hydrogen-bond acceptors (Lipinski definition) is 3. The molecule has 10 heavy (non-hydrogen) atoms. The van der Waals surface area contributed by atoms with E-state index in [0.717, 1.165) is 26.1 Å². The molecule has 0 unspecified atom stereocenters. The first-order chi connectivity index (χ1) is 4.68. The second-order valence-corrected chi connectivity index (χ2v) is 3.18. The molecule has 0 aromatic rings. The lowest BCUT2D eigenvalue weighted by Gasteiger charge is -2.16. The lowest BCUT2D eigenvalue weighted by atomic mass is 10.3. The Labute approximate surface area is 61.8 Å².